The van der Waals surface area contributed by atoms with Crippen LogP contribution in [0, 0.1) is 0 Å². The molecule has 0 aliphatic rings. The summed E-state index contributed by atoms with van der Waals surface area (Å²) in [6.07, 6.45) is -3.93. The number of carbonyl (C=O) groups is 1. The lowest BCUT2D eigenvalue weighted by Gasteiger charge is -2.18. The van der Waals surface area contributed by atoms with E-state index >= 15 is 0 Å². The number of carbonyl (C=O) groups excluding carboxylic acids is 1. The van der Waals surface area contributed by atoms with Crippen LogP contribution in [0.5, 0.6) is 5.75 Å². The zero-order chi connectivity index (χ0) is 18.4. The lowest BCUT2D eigenvalue weighted by Crippen LogP contribution is -2.36. The van der Waals surface area contributed by atoms with Gasteiger partial charge >= 0.3 is 6.18 Å². The molecule has 0 saturated carbocycles. The number of alkyl halides is 3. The van der Waals surface area contributed by atoms with E-state index in [-0.39, 0.29) is 13.2 Å². The maximum Gasteiger partial charge on any atom is 0.417 e. The maximum absolute atomic E-state index is 12.7. The fraction of sp³-hybridized carbons (Fsp3) is 0.294. The molecule has 1 aromatic heterocycles. The Morgan fingerprint density at radius 2 is 1.84 bits per heavy atom. The number of amides is 1. The van der Waals surface area contributed by atoms with Gasteiger partial charge in [0.2, 0.25) is 5.91 Å². The molecule has 134 valence electrons. The SMILES string of the molecule is CN(CCOc1ccccc1)C(=O)Cn1cc(C(F)(F)F)ccc1=O. The Morgan fingerprint density at radius 1 is 1.16 bits per heavy atom. The second kappa shape index (κ2) is 7.87. The van der Waals surface area contributed by atoms with Crippen LogP contribution >= 0.6 is 0 Å². The lowest BCUT2D eigenvalue weighted by atomic mass is 10.2. The molecule has 0 aliphatic carbocycles. The Morgan fingerprint density at radius 3 is 2.48 bits per heavy atom. The van der Waals surface area contributed by atoms with Gasteiger partial charge in [0.05, 0.1) is 12.1 Å². The predicted molar refractivity (Wildman–Crippen MR) is 85.3 cm³/mol. The number of aromatic nitrogens is 1. The van der Waals surface area contributed by atoms with E-state index in [2.05, 4.69) is 0 Å². The Balaban J connectivity index is 1.93. The first-order valence-electron chi connectivity index (χ1n) is 7.47. The third kappa shape index (κ3) is 5.37. The van der Waals surface area contributed by atoms with Crippen LogP contribution in [0.1, 0.15) is 5.56 Å². The van der Waals surface area contributed by atoms with Crippen molar-refractivity contribution in [1.82, 2.24) is 9.47 Å². The van der Waals surface area contributed by atoms with Crippen LogP contribution in [0.15, 0.2) is 53.5 Å². The number of hydrogen-bond acceptors (Lipinski definition) is 3. The molecule has 0 bridgehead atoms. The van der Waals surface area contributed by atoms with E-state index in [1.165, 1.54) is 11.9 Å². The molecule has 0 saturated heterocycles. The van der Waals surface area contributed by atoms with Gasteiger partial charge in [-0.15, -0.1) is 0 Å². The lowest BCUT2D eigenvalue weighted by molar-refractivity contribution is -0.138. The summed E-state index contributed by atoms with van der Waals surface area (Å²) in [5.41, 5.74) is -1.65. The maximum atomic E-state index is 12.7. The van der Waals surface area contributed by atoms with Crippen molar-refractivity contribution in [3.8, 4) is 5.75 Å². The third-order valence-corrected chi connectivity index (χ3v) is 3.48. The Kier molecular flexibility index (Phi) is 5.84. The van der Waals surface area contributed by atoms with Crippen molar-refractivity contribution < 1.29 is 22.7 Å². The van der Waals surface area contributed by atoms with Gasteiger partial charge in [-0.25, -0.2) is 0 Å². The van der Waals surface area contributed by atoms with E-state index < -0.39 is 29.8 Å². The molecule has 1 amide bonds. The summed E-state index contributed by atoms with van der Waals surface area (Å²) in [6.45, 7) is -0.00419. The van der Waals surface area contributed by atoms with Gasteiger partial charge in [0.25, 0.3) is 5.56 Å². The minimum absolute atomic E-state index is 0.226. The molecule has 0 spiro atoms. The highest BCUT2D eigenvalue weighted by Crippen LogP contribution is 2.27. The summed E-state index contributed by atoms with van der Waals surface area (Å²) in [6, 6.07) is 10.5. The van der Waals surface area contributed by atoms with Crippen LogP contribution in [-0.2, 0) is 17.5 Å². The first-order chi connectivity index (χ1) is 11.8. The Labute approximate surface area is 142 Å². The highest BCUT2D eigenvalue weighted by atomic mass is 19.4. The highest BCUT2D eigenvalue weighted by Gasteiger charge is 2.31. The van der Waals surface area contributed by atoms with Gasteiger partial charge in [-0.3, -0.25) is 9.59 Å². The molecule has 0 fully saturated rings. The molecule has 25 heavy (non-hydrogen) atoms. The molecule has 1 aromatic carbocycles. The van der Waals surface area contributed by atoms with Crippen molar-refractivity contribution in [3.05, 3.63) is 64.6 Å². The average molecular weight is 354 g/mol. The van der Waals surface area contributed by atoms with E-state index in [0.29, 0.717) is 18.0 Å². The quantitative estimate of drug-likeness (QED) is 0.801. The molecule has 0 aliphatic heterocycles. The topological polar surface area (TPSA) is 51.5 Å². The molecule has 1 heterocycles. The molecule has 0 atom stereocenters. The molecule has 5 nitrogen and oxygen atoms in total. The van der Waals surface area contributed by atoms with E-state index in [1.807, 2.05) is 18.2 Å². The number of benzene rings is 1. The number of halogens is 3. The van der Waals surface area contributed by atoms with Crippen LogP contribution < -0.4 is 10.3 Å². The standard InChI is InChI=1S/C17H17F3N2O3/c1-21(9-10-25-14-5-3-2-4-6-14)16(24)12-22-11-13(17(18,19)20)7-8-15(22)23/h2-8,11H,9-10,12H2,1H3. The normalized spacial score (nSPS) is 11.2. The van der Waals surface area contributed by atoms with E-state index in [4.69, 9.17) is 4.74 Å². The van der Waals surface area contributed by atoms with Crippen molar-refractivity contribution in [2.24, 2.45) is 0 Å². The Bertz CT molecular complexity index is 773. The van der Waals surface area contributed by atoms with Gasteiger partial charge in [0.15, 0.2) is 0 Å². The molecule has 2 rings (SSSR count). The largest absolute Gasteiger partial charge is 0.492 e. The first kappa shape index (κ1) is 18.6. The third-order valence-electron chi connectivity index (χ3n) is 3.48. The van der Waals surface area contributed by atoms with Crippen LogP contribution in [0.3, 0.4) is 0 Å². The number of pyridine rings is 1. The zero-order valence-electron chi connectivity index (χ0n) is 13.5. The minimum Gasteiger partial charge on any atom is -0.492 e. The monoisotopic (exact) mass is 354 g/mol. The summed E-state index contributed by atoms with van der Waals surface area (Å²) in [7, 11) is 1.50. The van der Waals surface area contributed by atoms with Crippen molar-refractivity contribution in [1.29, 1.82) is 0 Å². The highest BCUT2D eigenvalue weighted by molar-refractivity contribution is 5.75. The van der Waals surface area contributed by atoms with Crippen LogP contribution in [-0.4, -0.2) is 35.6 Å². The number of ether oxygens (including phenoxy) is 1. The summed E-state index contributed by atoms with van der Waals surface area (Å²) in [5.74, 6) is 0.163. The van der Waals surface area contributed by atoms with Gasteiger partial charge in [0.1, 0.15) is 18.9 Å². The number of para-hydroxylation sites is 1. The summed E-state index contributed by atoms with van der Waals surface area (Å²) in [5, 5.41) is 0. The minimum atomic E-state index is -4.58. The summed E-state index contributed by atoms with van der Waals surface area (Å²) < 4.78 is 44.3. The van der Waals surface area contributed by atoms with Gasteiger partial charge in [-0.05, 0) is 18.2 Å². The second-order valence-electron chi connectivity index (χ2n) is 5.36. The summed E-state index contributed by atoms with van der Waals surface area (Å²) >= 11 is 0. The summed E-state index contributed by atoms with van der Waals surface area (Å²) in [4.78, 5) is 25.1. The van der Waals surface area contributed by atoms with Crippen molar-refractivity contribution in [2.45, 2.75) is 12.7 Å². The molecular weight excluding hydrogens is 337 g/mol. The van der Waals surface area contributed by atoms with E-state index in [9.17, 15) is 22.8 Å². The zero-order valence-corrected chi connectivity index (χ0v) is 13.5. The number of hydrogen-bond donors (Lipinski definition) is 0. The van der Waals surface area contributed by atoms with Gasteiger partial charge in [-0.2, -0.15) is 13.2 Å². The van der Waals surface area contributed by atoms with E-state index in [0.717, 1.165) is 10.6 Å². The van der Waals surface area contributed by atoms with Gasteiger partial charge in [-0.1, -0.05) is 18.2 Å². The predicted octanol–water partition coefficient (Wildman–Crippen LogP) is 2.40. The number of likely N-dealkylation sites (N-methyl/N-ethyl adjacent to an activating group) is 1. The molecule has 0 unspecified atom stereocenters. The second-order valence-corrected chi connectivity index (χ2v) is 5.36. The fourth-order valence-electron chi connectivity index (χ4n) is 2.03. The van der Waals surface area contributed by atoms with Crippen LogP contribution in [0.2, 0.25) is 0 Å². The first-order valence-corrected chi connectivity index (χ1v) is 7.47. The molecule has 2 aromatic rings. The smallest absolute Gasteiger partial charge is 0.417 e. The Hall–Kier alpha value is -2.77. The molecule has 0 radical (unpaired) electrons. The molecule has 8 heteroatoms. The number of nitrogens with zero attached hydrogens (tertiary/aromatic N) is 2. The van der Waals surface area contributed by atoms with Crippen molar-refractivity contribution in [2.75, 3.05) is 20.2 Å². The van der Waals surface area contributed by atoms with Crippen LogP contribution in [0.4, 0.5) is 13.2 Å². The van der Waals surface area contributed by atoms with Crippen molar-refractivity contribution >= 4 is 5.91 Å². The van der Waals surface area contributed by atoms with Gasteiger partial charge in [0, 0.05) is 19.3 Å². The number of rotatable bonds is 6. The van der Waals surface area contributed by atoms with E-state index in [1.54, 1.807) is 12.1 Å². The van der Waals surface area contributed by atoms with Crippen LogP contribution in [0.25, 0.3) is 0 Å². The fourth-order valence-corrected chi connectivity index (χ4v) is 2.03. The molecular formula is C17H17F3N2O3. The van der Waals surface area contributed by atoms with Gasteiger partial charge < -0.3 is 14.2 Å². The molecule has 0 N–H and O–H groups in total. The van der Waals surface area contributed by atoms with Crippen molar-refractivity contribution in [3.63, 3.8) is 0 Å². The average Bonchev–Trinajstić information content (AvgIpc) is 2.56.